The van der Waals surface area contributed by atoms with E-state index in [1.165, 1.54) is 0 Å². The van der Waals surface area contributed by atoms with Crippen LogP contribution in [0, 0.1) is 0 Å². The molecule has 2 aromatic rings. The normalized spacial score (nSPS) is 18.1. The van der Waals surface area contributed by atoms with Crippen molar-refractivity contribution in [2.24, 2.45) is 0 Å². The van der Waals surface area contributed by atoms with Gasteiger partial charge in [-0.3, -0.25) is 0 Å². The van der Waals surface area contributed by atoms with Crippen molar-refractivity contribution in [3.63, 3.8) is 0 Å². The zero-order valence-electron chi connectivity index (χ0n) is 12.0. The molecule has 1 aliphatic rings. The monoisotopic (exact) mass is 284 g/mol. The number of rotatable bonds is 2. The highest BCUT2D eigenvalue weighted by atomic mass is 16.5. The number of benzene rings is 2. The molecule has 2 N–H and O–H groups in total. The maximum absolute atomic E-state index is 9.54. The largest absolute Gasteiger partial charge is 0.508 e. The summed E-state index contributed by atoms with van der Waals surface area (Å²) in [5.74, 6) is 0.545. The highest BCUT2D eigenvalue weighted by molar-refractivity contribution is 5.43. The lowest BCUT2D eigenvalue weighted by atomic mass is 9.72. The average Bonchev–Trinajstić information content (AvgIpc) is 2.75. The van der Waals surface area contributed by atoms with E-state index in [1.54, 1.807) is 24.3 Å². The van der Waals surface area contributed by atoms with Crippen LogP contribution in [0.5, 0.6) is 11.5 Å². The van der Waals surface area contributed by atoms with Crippen LogP contribution >= 0.6 is 0 Å². The van der Waals surface area contributed by atoms with E-state index in [0.29, 0.717) is 6.61 Å². The van der Waals surface area contributed by atoms with E-state index in [0.717, 1.165) is 37.0 Å². The summed E-state index contributed by atoms with van der Waals surface area (Å²) in [6.07, 6.45) is 3.17. The summed E-state index contributed by atoms with van der Waals surface area (Å²) >= 11 is 0. The van der Waals surface area contributed by atoms with Crippen molar-refractivity contribution in [3.8, 4) is 11.5 Å². The van der Waals surface area contributed by atoms with Crippen molar-refractivity contribution in [1.29, 1.82) is 0 Å². The minimum Gasteiger partial charge on any atom is -0.508 e. The van der Waals surface area contributed by atoms with Crippen LogP contribution in [0.4, 0.5) is 0 Å². The molecule has 1 fully saturated rings. The first-order valence-corrected chi connectivity index (χ1v) is 7.37. The highest BCUT2D eigenvalue weighted by Crippen LogP contribution is 2.40. The molecule has 0 aliphatic carbocycles. The Morgan fingerprint density at radius 3 is 1.81 bits per heavy atom. The Balaban J connectivity index is 2.09. The molecule has 0 atom stereocenters. The Morgan fingerprint density at radius 2 is 1.29 bits per heavy atom. The molecule has 21 heavy (non-hydrogen) atoms. The predicted molar refractivity (Wildman–Crippen MR) is 81.7 cm³/mol. The van der Waals surface area contributed by atoms with Crippen LogP contribution in [0.1, 0.15) is 30.4 Å². The maximum atomic E-state index is 9.54. The number of phenols is 2. The van der Waals surface area contributed by atoms with Crippen LogP contribution in [0.2, 0.25) is 0 Å². The summed E-state index contributed by atoms with van der Waals surface area (Å²) in [6.45, 7) is 1.42. The van der Waals surface area contributed by atoms with Crippen molar-refractivity contribution in [3.05, 3.63) is 59.7 Å². The van der Waals surface area contributed by atoms with Gasteiger partial charge < -0.3 is 14.9 Å². The molecule has 0 spiro atoms. The van der Waals surface area contributed by atoms with Crippen molar-refractivity contribution in [2.45, 2.75) is 24.7 Å². The van der Waals surface area contributed by atoms with Crippen LogP contribution in [0.25, 0.3) is 0 Å². The van der Waals surface area contributed by atoms with E-state index in [-0.39, 0.29) is 16.9 Å². The molecule has 0 aromatic heterocycles. The van der Waals surface area contributed by atoms with Crippen LogP contribution in [0.3, 0.4) is 0 Å². The summed E-state index contributed by atoms with van der Waals surface area (Å²) in [7, 11) is 0. The summed E-state index contributed by atoms with van der Waals surface area (Å²) in [4.78, 5) is 0. The Hall–Kier alpha value is -2.00. The van der Waals surface area contributed by atoms with E-state index < -0.39 is 0 Å². The van der Waals surface area contributed by atoms with Gasteiger partial charge in [-0.05, 0) is 54.7 Å². The van der Waals surface area contributed by atoms with Gasteiger partial charge in [-0.1, -0.05) is 24.3 Å². The van der Waals surface area contributed by atoms with Gasteiger partial charge in [0, 0.05) is 12.0 Å². The second-order valence-corrected chi connectivity index (χ2v) is 5.69. The van der Waals surface area contributed by atoms with Gasteiger partial charge in [-0.15, -0.1) is 0 Å². The average molecular weight is 284 g/mol. The molecule has 0 amide bonds. The van der Waals surface area contributed by atoms with Crippen molar-refractivity contribution < 1.29 is 14.9 Å². The fourth-order valence-electron chi connectivity index (χ4n) is 3.13. The lowest BCUT2D eigenvalue weighted by Gasteiger charge is -2.33. The van der Waals surface area contributed by atoms with Gasteiger partial charge >= 0.3 is 0 Å². The fourth-order valence-corrected chi connectivity index (χ4v) is 3.13. The molecule has 1 heterocycles. The molecule has 3 heteroatoms. The third-order valence-corrected chi connectivity index (χ3v) is 4.33. The van der Waals surface area contributed by atoms with Gasteiger partial charge in [0.25, 0.3) is 0 Å². The van der Waals surface area contributed by atoms with Gasteiger partial charge in [0.15, 0.2) is 0 Å². The first kappa shape index (κ1) is 14.0. The summed E-state index contributed by atoms with van der Waals surface area (Å²) in [5.41, 5.74) is 2.08. The van der Waals surface area contributed by atoms with Crippen LogP contribution < -0.4 is 0 Å². The number of phenolic OH excluding ortho intramolecular Hbond substituents is 2. The third kappa shape index (κ3) is 2.74. The van der Waals surface area contributed by atoms with E-state index in [9.17, 15) is 10.2 Å². The fraction of sp³-hybridized carbons (Fsp3) is 0.333. The van der Waals surface area contributed by atoms with Gasteiger partial charge in [-0.2, -0.15) is 0 Å². The summed E-state index contributed by atoms with van der Waals surface area (Å²) < 4.78 is 5.85. The van der Waals surface area contributed by atoms with Gasteiger partial charge in [0.05, 0.1) is 6.61 Å². The first-order chi connectivity index (χ1) is 10.2. The Kier molecular flexibility index (Phi) is 3.84. The van der Waals surface area contributed by atoms with E-state index in [1.807, 2.05) is 24.3 Å². The van der Waals surface area contributed by atoms with Crippen LogP contribution in [-0.4, -0.2) is 23.4 Å². The van der Waals surface area contributed by atoms with Crippen molar-refractivity contribution >= 4 is 0 Å². The number of aromatic hydroxyl groups is 2. The van der Waals surface area contributed by atoms with E-state index in [4.69, 9.17) is 4.74 Å². The summed E-state index contributed by atoms with van der Waals surface area (Å²) in [6, 6.07) is 14.8. The zero-order chi connectivity index (χ0) is 14.7. The quantitative estimate of drug-likeness (QED) is 0.886. The van der Waals surface area contributed by atoms with Crippen LogP contribution in [-0.2, 0) is 10.2 Å². The van der Waals surface area contributed by atoms with Gasteiger partial charge in [-0.25, -0.2) is 0 Å². The van der Waals surface area contributed by atoms with Gasteiger partial charge in [0.1, 0.15) is 11.5 Å². The topological polar surface area (TPSA) is 49.7 Å². The Morgan fingerprint density at radius 1 is 0.762 bits per heavy atom. The van der Waals surface area contributed by atoms with E-state index >= 15 is 0 Å². The van der Waals surface area contributed by atoms with Gasteiger partial charge in [0.2, 0.25) is 0 Å². The lowest BCUT2D eigenvalue weighted by Crippen LogP contribution is -2.32. The first-order valence-electron chi connectivity index (χ1n) is 7.37. The predicted octanol–water partition coefficient (Wildman–Crippen LogP) is 3.58. The molecular formula is C18H20O3. The Labute approximate surface area is 124 Å². The lowest BCUT2D eigenvalue weighted by molar-refractivity contribution is 0.112. The number of ether oxygens (including phenoxy) is 1. The number of hydrogen-bond acceptors (Lipinski definition) is 3. The summed E-state index contributed by atoms with van der Waals surface area (Å²) in [5, 5.41) is 19.1. The smallest absolute Gasteiger partial charge is 0.115 e. The van der Waals surface area contributed by atoms with Crippen LogP contribution in [0.15, 0.2) is 48.5 Å². The molecule has 0 radical (unpaired) electrons. The Bertz CT molecular complexity index is 531. The molecule has 0 saturated carbocycles. The molecular weight excluding hydrogens is 264 g/mol. The molecule has 1 saturated heterocycles. The standard InChI is InChI=1S/C18H20O3/c19-16-7-3-14(4-8-16)18(11-1-2-12-21-13-18)15-5-9-17(20)10-6-15/h3-10,19-20H,1-2,11-13H2. The third-order valence-electron chi connectivity index (χ3n) is 4.33. The maximum Gasteiger partial charge on any atom is 0.115 e. The SMILES string of the molecule is Oc1ccc(C2(c3ccc(O)cc3)CCCCOC2)cc1. The molecule has 0 bridgehead atoms. The molecule has 3 nitrogen and oxygen atoms in total. The minimum atomic E-state index is -0.210. The molecule has 0 unspecified atom stereocenters. The second kappa shape index (κ2) is 5.78. The number of hydrogen-bond donors (Lipinski definition) is 2. The molecule has 1 aliphatic heterocycles. The minimum absolute atomic E-state index is 0.210. The van der Waals surface area contributed by atoms with E-state index in [2.05, 4.69) is 0 Å². The second-order valence-electron chi connectivity index (χ2n) is 5.69. The zero-order valence-corrected chi connectivity index (χ0v) is 12.0. The van der Waals surface area contributed by atoms with Crippen molar-refractivity contribution in [1.82, 2.24) is 0 Å². The van der Waals surface area contributed by atoms with Crippen molar-refractivity contribution in [2.75, 3.05) is 13.2 Å². The molecule has 2 aromatic carbocycles. The molecule has 3 rings (SSSR count). The molecule has 110 valence electrons. The highest BCUT2D eigenvalue weighted by Gasteiger charge is 2.35.